The van der Waals surface area contributed by atoms with E-state index in [1.54, 1.807) is 0 Å². The van der Waals surface area contributed by atoms with Crippen LogP contribution in [0.1, 0.15) is 189 Å². The first kappa shape index (κ1) is 52.0. The van der Waals surface area contributed by atoms with Gasteiger partial charge in [0.2, 0.25) is 0 Å². The molecule has 0 unspecified atom stereocenters. The Labute approximate surface area is 408 Å². The Balaban J connectivity index is 1.59. The van der Waals surface area contributed by atoms with Crippen LogP contribution in [0.5, 0.6) is 0 Å². The lowest BCUT2D eigenvalue weighted by Gasteiger charge is -2.45. The van der Waals surface area contributed by atoms with E-state index in [4.69, 9.17) is 13.6 Å². The van der Waals surface area contributed by atoms with Gasteiger partial charge in [0.15, 0.2) is 0 Å². The predicted molar refractivity (Wildman–Crippen MR) is 285 cm³/mol. The second kappa shape index (κ2) is 28.8. The molecule has 356 valence electrons. The SMILES string of the molecule is CCCCCCCCC(OP(OC(CCCCCCCC)(c1ccccc1)c1ccccc1)OC(CCCCCCCC)(c1ccccc1)c1ccccc1)(c1ccccc1)c1ccccc1. The van der Waals surface area contributed by atoms with Crippen molar-refractivity contribution in [3.63, 3.8) is 0 Å². The monoisotopic (exact) mass is 917 g/mol. The molecule has 0 radical (unpaired) electrons. The van der Waals surface area contributed by atoms with Crippen LogP contribution in [0.2, 0.25) is 0 Å². The molecule has 4 heteroatoms. The third-order valence-corrected chi connectivity index (χ3v) is 15.2. The molecule has 0 aromatic heterocycles. The number of rotatable bonds is 33. The molecule has 67 heavy (non-hydrogen) atoms. The molecule has 0 heterocycles. The minimum Gasteiger partial charge on any atom is -0.296 e. The van der Waals surface area contributed by atoms with Crippen LogP contribution in [-0.4, -0.2) is 0 Å². The highest BCUT2D eigenvalue weighted by Gasteiger charge is 2.48. The normalized spacial score (nSPS) is 12.2. The van der Waals surface area contributed by atoms with Gasteiger partial charge in [0.1, 0.15) is 16.8 Å². The van der Waals surface area contributed by atoms with Crippen LogP contribution in [0, 0.1) is 0 Å². The highest BCUT2D eigenvalue weighted by molar-refractivity contribution is 7.41. The maximum absolute atomic E-state index is 8.17. The maximum Gasteiger partial charge on any atom is 0.336 e. The zero-order valence-electron chi connectivity index (χ0n) is 41.3. The zero-order chi connectivity index (χ0) is 46.7. The molecule has 0 aliphatic carbocycles. The fourth-order valence-corrected chi connectivity index (χ4v) is 11.7. The largest absolute Gasteiger partial charge is 0.336 e. The van der Waals surface area contributed by atoms with Gasteiger partial charge in [0, 0.05) is 0 Å². The molecule has 3 nitrogen and oxygen atoms in total. The van der Waals surface area contributed by atoms with Crippen molar-refractivity contribution >= 4 is 8.60 Å². The van der Waals surface area contributed by atoms with E-state index >= 15 is 0 Å². The molecule has 0 aliphatic heterocycles. The van der Waals surface area contributed by atoms with Crippen molar-refractivity contribution in [3.8, 4) is 0 Å². The van der Waals surface area contributed by atoms with Gasteiger partial charge in [-0.05, 0) is 71.9 Å². The minimum absolute atomic E-state index is 0.793. The molecule has 0 N–H and O–H groups in total. The Morgan fingerprint density at radius 1 is 0.254 bits per heavy atom. The first-order valence-corrected chi connectivity index (χ1v) is 27.4. The topological polar surface area (TPSA) is 27.7 Å². The number of hydrogen-bond donors (Lipinski definition) is 0. The van der Waals surface area contributed by atoms with Gasteiger partial charge in [-0.3, -0.25) is 13.6 Å². The summed E-state index contributed by atoms with van der Waals surface area (Å²) >= 11 is 0. The van der Waals surface area contributed by atoms with E-state index in [1.807, 2.05) is 0 Å². The second-order valence-electron chi connectivity index (χ2n) is 18.7. The van der Waals surface area contributed by atoms with E-state index < -0.39 is 25.4 Å². The molecule has 0 saturated heterocycles. The van der Waals surface area contributed by atoms with Crippen LogP contribution in [0.4, 0.5) is 0 Å². The average Bonchev–Trinajstić information content (AvgIpc) is 3.39. The first-order chi connectivity index (χ1) is 33.1. The third kappa shape index (κ3) is 14.8. The smallest absolute Gasteiger partial charge is 0.296 e. The molecule has 6 aromatic rings. The summed E-state index contributed by atoms with van der Waals surface area (Å²) in [7, 11) is -2.16. The predicted octanol–water partition coefficient (Wildman–Crippen LogP) is 19.3. The molecule has 0 amide bonds. The van der Waals surface area contributed by atoms with Crippen LogP contribution in [-0.2, 0) is 30.4 Å². The van der Waals surface area contributed by atoms with Crippen molar-refractivity contribution in [2.75, 3.05) is 0 Å². The maximum atomic E-state index is 8.17. The Morgan fingerprint density at radius 3 is 0.627 bits per heavy atom. The molecule has 6 rings (SSSR count). The van der Waals surface area contributed by atoms with Gasteiger partial charge >= 0.3 is 8.60 Å². The first-order valence-electron chi connectivity index (χ1n) is 26.3. The number of hydrogen-bond acceptors (Lipinski definition) is 3. The van der Waals surface area contributed by atoms with Crippen LogP contribution < -0.4 is 0 Å². The zero-order valence-corrected chi connectivity index (χ0v) is 42.2. The van der Waals surface area contributed by atoms with Crippen LogP contribution in [0.3, 0.4) is 0 Å². The van der Waals surface area contributed by atoms with E-state index in [2.05, 4.69) is 203 Å². The van der Waals surface area contributed by atoms with Crippen LogP contribution >= 0.6 is 8.60 Å². The van der Waals surface area contributed by atoms with Crippen molar-refractivity contribution in [1.29, 1.82) is 0 Å². The Morgan fingerprint density at radius 2 is 0.433 bits per heavy atom. The standard InChI is InChI=1S/C63H81O3P/c1-4-7-10-13-16-37-52-61(55-40-25-19-26-41-55,56-42-27-20-28-43-56)64-67(65-62(57-44-29-21-30-45-57,58-46-31-22-32-47-58)53-38-17-14-11-8-5-2)66-63(59-48-33-23-34-49-59,60-50-35-24-36-51-60)54-39-18-15-12-9-6-3/h19-36,40-51H,4-18,37-39,52-54H2,1-3H3. The molecule has 0 aliphatic rings. The van der Waals surface area contributed by atoms with Crippen molar-refractivity contribution in [2.24, 2.45) is 0 Å². The van der Waals surface area contributed by atoms with Crippen LogP contribution in [0.25, 0.3) is 0 Å². The van der Waals surface area contributed by atoms with Crippen molar-refractivity contribution < 1.29 is 13.6 Å². The summed E-state index contributed by atoms with van der Waals surface area (Å²) in [5.74, 6) is 0. The number of benzene rings is 6. The Kier molecular flexibility index (Phi) is 22.4. The number of unbranched alkanes of at least 4 members (excludes halogenated alkanes) is 15. The summed E-state index contributed by atoms with van der Waals surface area (Å²) in [5.41, 5.74) is 4.14. The second-order valence-corrected chi connectivity index (χ2v) is 19.7. The van der Waals surface area contributed by atoms with E-state index in [1.165, 1.54) is 77.0 Å². The van der Waals surface area contributed by atoms with E-state index in [0.29, 0.717) is 0 Å². The highest BCUT2D eigenvalue weighted by atomic mass is 31.2. The molecular formula is C63H81O3P. The van der Waals surface area contributed by atoms with Gasteiger partial charge in [-0.15, -0.1) is 0 Å². The Hall–Kier alpha value is -4.37. The molecule has 0 fully saturated rings. The van der Waals surface area contributed by atoms with E-state index in [9.17, 15) is 0 Å². The summed E-state index contributed by atoms with van der Waals surface area (Å²) in [4.78, 5) is 0. The molecule has 6 aromatic carbocycles. The lowest BCUT2D eigenvalue weighted by atomic mass is 9.82. The quantitative estimate of drug-likeness (QED) is 0.0304. The summed E-state index contributed by atoms with van der Waals surface area (Å²) in [5, 5.41) is 0. The minimum atomic E-state index is -2.16. The molecular weight excluding hydrogens is 836 g/mol. The highest BCUT2D eigenvalue weighted by Crippen LogP contribution is 2.62. The average molecular weight is 917 g/mol. The molecule has 0 bridgehead atoms. The third-order valence-electron chi connectivity index (χ3n) is 13.8. The fourth-order valence-electron chi connectivity index (χ4n) is 9.96. The summed E-state index contributed by atoms with van der Waals surface area (Å²) in [6.07, 6.45) is 23.7. The van der Waals surface area contributed by atoms with Gasteiger partial charge in [0.05, 0.1) is 0 Å². The lowest BCUT2D eigenvalue weighted by molar-refractivity contribution is -0.0253. The molecule has 0 saturated carbocycles. The van der Waals surface area contributed by atoms with E-state index in [-0.39, 0.29) is 0 Å². The van der Waals surface area contributed by atoms with Crippen molar-refractivity contribution in [1.82, 2.24) is 0 Å². The van der Waals surface area contributed by atoms with Crippen molar-refractivity contribution in [2.45, 2.75) is 172 Å². The van der Waals surface area contributed by atoms with Gasteiger partial charge in [-0.25, -0.2) is 0 Å². The van der Waals surface area contributed by atoms with Crippen LogP contribution in [0.15, 0.2) is 182 Å². The van der Waals surface area contributed by atoms with Crippen molar-refractivity contribution in [3.05, 3.63) is 215 Å². The molecule has 0 spiro atoms. The van der Waals surface area contributed by atoms with Gasteiger partial charge < -0.3 is 0 Å². The molecule has 0 atom stereocenters. The summed E-state index contributed by atoms with van der Waals surface area (Å²) in [6, 6.07) is 65.7. The van der Waals surface area contributed by atoms with E-state index in [0.717, 1.165) is 91.2 Å². The van der Waals surface area contributed by atoms with Gasteiger partial charge in [-0.1, -0.05) is 299 Å². The Bertz CT molecular complexity index is 1780. The summed E-state index contributed by atoms with van der Waals surface area (Å²) < 4.78 is 24.5. The fraction of sp³-hybridized carbons (Fsp3) is 0.429. The van der Waals surface area contributed by atoms with Gasteiger partial charge in [0.25, 0.3) is 0 Å². The van der Waals surface area contributed by atoms with Gasteiger partial charge in [-0.2, -0.15) is 0 Å². The lowest BCUT2D eigenvalue weighted by Crippen LogP contribution is -2.37. The summed E-state index contributed by atoms with van der Waals surface area (Å²) in [6.45, 7) is 6.88.